The molecule has 0 saturated heterocycles. The first-order chi connectivity index (χ1) is 5.25. The predicted octanol–water partition coefficient (Wildman–Crippen LogP) is 0.908. The molecule has 0 aromatic carbocycles. The van der Waals surface area contributed by atoms with Crippen LogP contribution in [0.5, 0.6) is 0 Å². The van der Waals surface area contributed by atoms with Crippen LogP contribution in [0.4, 0.5) is 0 Å². The maximum absolute atomic E-state index is 8.67. The van der Waals surface area contributed by atoms with Gasteiger partial charge in [0.15, 0.2) is 0 Å². The minimum atomic E-state index is 0.136. The van der Waals surface area contributed by atoms with Crippen molar-refractivity contribution in [1.29, 1.82) is 0 Å². The molecule has 11 heavy (non-hydrogen) atoms. The smallest absolute Gasteiger partial charge is 0.134 e. The summed E-state index contributed by atoms with van der Waals surface area (Å²) in [6.45, 7) is 6.40. The van der Waals surface area contributed by atoms with E-state index in [0.717, 1.165) is 11.4 Å². The van der Waals surface area contributed by atoms with Crippen LogP contribution in [-0.4, -0.2) is 21.3 Å². The molecule has 60 valence electrons. The first-order valence-electron chi connectivity index (χ1n) is 3.53. The number of hydrogen-bond donors (Lipinski definition) is 1. The molecule has 3 heteroatoms. The van der Waals surface area contributed by atoms with Gasteiger partial charge in [-0.3, -0.25) is 0 Å². The van der Waals surface area contributed by atoms with Gasteiger partial charge in [-0.05, 0) is 12.5 Å². The molecule has 0 fully saturated rings. The zero-order valence-corrected chi connectivity index (χ0v) is 6.62. The Balaban J connectivity index is 2.87. The zero-order chi connectivity index (χ0) is 8.27. The summed E-state index contributed by atoms with van der Waals surface area (Å²) in [6.07, 6.45) is 3.54. The van der Waals surface area contributed by atoms with E-state index in [-0.39, 0.29) is 6.61 Å². The molecule has 1 aromatic rings. The molecule has 0 bridgehead atoms. The van der Waals surface area contributed by atoms with Crippen molar-refractivity contribution in [2.45, 2.75) is 13.5 Å². The van der Waals surface area contributed by atoms with Crippen molar-refractivity contribution in [2.75, 3.05) is 6.61 Å². The molecule has 1 heterocycles. The van der Waals surface area contributed by atoms with E-state index in [4.69, 9.17) is 5.11 Å². The molecule has 0 amide bonds. The molecular weight excluding hydrogens is 140 g/mol. The van der Waals surface area contributed by atoms with E-state index >= 15 is 0 Å². The molecule has 0 aliphatic heterocycles. The summed E-state index contributed by atoms with van der Waals surface area (Å²) in [4.78, 5) is 4.09. The second-order valence-corrected chi connectivity index (χ2v) is 2.45. The summed E-state index contributed by atoms with van der Waals surface area (Å²) in [6, 6.07) is 0. The van der Waals surface area contributed by atoms with E-state index < -0.39 is 0 Å². The third-order valence-electron chi connectivity index (χ3n) is 1.44. The Morgan fingerprint density at radius 2 is 2.55 bits per heavy atom. The number of aliphatic hydroxyl groups excluding tert-OH is 1. The number of aromatic nitrogens is 2. The summed E-state index contributed by atoms with van der Waals surface area (Å²) in [5.41, 5.74) is 0.920. The molecule has 0 spiro atoms. The zero-order valence-electron chi connectivity index (χ0n) is 6.62. The summed E-state index contributed by atoms with van der Waals surface area (Å²) < 4.78 is 1.88. The highest BCUT2D eigenvalue weighted by Gasteiger charge is 2.00. The Hall–Kier alpha value is -1.09. The number of hydrogen-bond acceptors (Lipinski definition) is 2. The fourth-order valence-corrected chi connectivity index (χ4v) is 0.973. The molecule has 1 N–H and O–H groups in total. The lowest BCUT2D eigenvalue weighted by atomic mass is 10.3. The van der Waals surface area contributed by atoms with E-state index in [1.807, 2.05) is 17.7 Å². The highest BCUT2D eigenvalue weighted by Crippen LogP contribution is 2.07. The van der Waals surface area contributed by atoms with Crippen LogP contribution in [0.3, 0.4) is 0 Å². The molecule has 1 rings (SSSR count). The maximum Gasteiger partial charge on any atom is 0.134 e. The number of aliphatic hydroxyl groups is 1. The van der Waals surface area contributed by atoms with Gasteiger partial charge in [0.05, 0.1) is 6.61 Å². The standard InChI is InChI=1S/C8H12N2O/c1-7(2)8-9-3-4-10(8)5-6-11/h3-4,11H,1,5-6H2,2H3. The van der Waals surface area contributed by atoms with Crippen LogP contribution in [-0.2, 0) is 6.54 Å². The first kappa shape index (κ1) is 8.01. The second kappa shape index (κ2) is 3.34. The number of nitrogens with zero attached hydrogens (tertiary/aromatic N) is 2. The van der Waals surface area contributed by atoms with Gasteiger partial charge in [0.25, 0.3) is 0 Å². The van der Waals surface area contributed by atoms with Crippen molar-refractivity contribution in [3.8, 4) is 0 Å². The van der Waals surface area contributed by atoms with Crippen molar-refractivity contribution in [1.82, 2.24) is 9.55 Å². The van der Waals surface area contributed by atoms with Gasteiger partial charge in [-0.15, -0.1) is 0 Å². The summed E-state index contributed by atoms with van der Waals surface area (Å²) in [7, 11) is 0. The molecule has 0 unspecified atom stereocenters. The number of allylic oxidation sites excluding steroid dienone is 1. The Bertz CT molecular complexity index is 252. The van der Waals surface area contributed by atoms with E-state index in [1.54, 1.807) is 6.20 Å². The quantitative estimate of drug-likeness (QED) is 0.699. The van der Waals surface area contributed by atoms with Crippen LogP contribution in [0.15, 0.2) is 19.0 Å². The highest BCUT2D eigenvalue weighted by molar-refractivity contribution is 5.54. The monoisotopic (exact) mass is 152 g/mol. The average Bonchev–Trinajstić information content (AvgIpc) is 2.36. The van der Waals surface area contributed by atoms with Gasteiger partial charge in [0.1, 0.15) is 5.82 Å². The molecule has 0 radical (unpaired) electrons. The molecule has 3 nitrogen and oxygen atoms in total. The van der Waals surface area contributed by atoms with Gasteiger partial charge in [0, 0.05) is 18.9 Å². The molecule has 0 saturated carbocycles. The first-order valence-corrected chi connectivity index (χ1v) is 3.53. The summed E-state index contributed by atoms with van der Waals surface area (Å²) >= 11 is 0. The van der Waals surface area contributed by atoms with Crippen molar-refractivity contribution in [2.24, 2.45) is 0 Å². The predicted molar refractivity (Wildman–Crippen MR) is 44.0 cm³/mol. The molecule has 0 atom stereocenters. The fraction of sp³-hybridized carbons (Fsp3) is 0.375. The minimum Gasteiger partial charge on any atom is -0.395 e. The largest absolute Gasteiger partial charge is 0.395 e. The van der Waals surface area contributed by atoms with Gasteiger partial charge >= 0.3 is 0 Å². The van der Waals surface area contributed by atoms with Crippen molar-refractivity contribution in [3.05, 3.63) is 24.8 Å². The normalized spacial score (nSPS) is 10.0. The van der Waals surface area contributed by atoms with Gasteiger partial charge in [-0.2, -0.15) is 0 Å². The average molecular weight is 152 g/mol. The Kier molecular flexibility index (Phi) is 2.44. The topological polar surface area (TPSA) is 38.0 Å². The molecule has 1 aromatic heterocycles. The van der Waals surface area contributed by atoms with Crippen molar-refractivity contribution >= 4 is 5.57 Å². The SMILES string of the molecule is C=C(C)c1nccn1CCO. The summed E-state index contributed by atoms with van der Waals surface area (Å²) in [5, 5.41) is 8.67. The lowest BCUT2D eigenvalue weighted by Crippen LogP contribution is -2.04. The third kappa shape index (κ3) is 1.68. The van der Waals surface area contributed by atoms with E-state index in [2.05, 4.69) is 11.6 Å². The summed E-state index contributed by atoms with van der Waals surface area (Å²) in [5.74, 6) is 0.846. The van der Waals surface area contributed by atoms with E-state index in [1.165, 1.54) is 0 Å². The highest BCUT2D eigenvalue weighted by atomic mass is 16.3. The van der Waals surface area contributed by atoms with Crippen LogP contribution < -0.4 is 0 Å². The minimum absolute atomic E-state index is 0.136. The van der Waals surface area contributed by atoms with Crippen molar-refractivity contribution < 1.29 is 5.11 Å². The molecular formula is C8H12N2O. The molecule has 0 aliphatic rings. The lowest BCUT2D eigenvalue weighted by molar-refractivity contribution is 0.275. The van der Waals surface area contributed by atoms with Gasteiger partial charge in [-0.25, -0.2) is 4.98 Å². The van der Waals surface area contributed by atoms with Crippen LogP contribution in [0.1, 0.15) is 12.7 Å². The Morgan fingerprint density at radius 1 is 1.82 bits per heavy atom. The van der Waals surface area contributed by atoms with Crippen molar-refractivity contribution in [3.63, 3.8) is 0 Å². The lowest BCUT2D eigenvalue weighted by Gasteiger charge is -2.03. The second-order valence-electron chi connectivity index (χ2n) is 2.45. The van der Waals surface area contributed by atoms with Gasteiger partial charge in [-0.1, -0.05) is 6.58 Å². The Labute approximate surface area is 66.0 Å². The van der Waals surface area contributed by atoms with E-state index in [9.17, 15) is 0 Å². The van der Waals surface area contributed by atoms with Crippen LogP contribution in [0.2, 0.25) is 0 Å². The van der Waals surface area contributed by atoms with Crippen LogP contribution in [0.25, 0.3) is 5.57 Å². The van der Waals surface area contributed by atoms with Crippen LogP contribution in [0, 0.1) is 0 Å². The maximum atomic E-state index is 8.67. The molecule has 0 aliphatic carbocycles. The van der Waals surface area contributed by atoms with Gasteiger partial charge < -0.3 is 9.67 Å². The number of rotatable bonds is 3. The fourth-order valence-electron chi connectivity index (χ4n) is 0.973. The van der Waals surface area contributed by atoms with Crippen LogP contribution >= 0.6 is 0 Å². The third-order valence-corrected chi connectivity index (χ3v) is 1.44. The number of imidazole rings is 1. The van der Waals surface area contributed by atoms with E-state index in [0.29, 0.717) is 6.54 Å². The van der Waals surface area contributed by atoms with Gasteiger partial charge in [0.2, 0.25) is 0 Å². The Morgan fingerprint density at radius 3 is 3.09 bits per heavy atom.